The Kier molecular flexibility index (Phi) is 3.87. The zero-order valence-corrected chi connectivity index (χ0v) is 13.8. The second kappa shape index (κ2) is 5.72. The van der Waals surface area contributed by atoms with E-state index in [2.05, 4.69) is 0 Å². The first-order valence-electron chi connectivity index (χ1n) is 7.18. The van der Waals surface area contributed by atoms with Gasteiger partial charge in [-0.1, -0.05) is 18.2 Å². The minimum atomic E-state index is -3.66. The van der Waals surface area contributed by atoms with Crippen molar-refractivity contribution in [2.75, 3.05) is 14.1 Å². The Bertz CT molecular complexity index is 945. The highest BCUT2D eigenvalue weighted by molar-refractivity contribution is 7.90. The van der Waals surface area contributed by atoms with Gasteiger partial charge in [0.05, 0.1) is 10.4 Å². The zero-order chi connectivity index (χ0) is 16.6. The van der Waals surface area contributed by atoms with Crippen molar-refractivity contribution in [3.05, 3.63) is 60.3 Å². The average molecular weight is 330 g/mol. The summed E-state index contributed by atoms with van der Waals surface area (Å²) in [5, 5.41) is 10.8. The van der Waals surface area contributed by atoms with Crippen LogP contribution in [0.3, 0.4) is 0 Å². The average Bonchev–Trinajstić information content (AvgIpc) is 2.95. The van der Waals surface area contributed by atoms with Gasteiger partial charge in [0.15, 0.2) is 0 Å². The maximum atomic E-state index is 12.8. The molecule has 3 rings (SSSR count). The highest BCUT2D eigenvalue weighted by Gasteiger charge is 2.20. The highest BCUT2D eigenvalue weighted by Crippen LogP contribution is 2.30. The smallest absolute Gasteiger partial charge is 0.268 e. The van der Waals surface area contributed by atoms with E-state index in [1.807, 2.05) is 19.0 Å². The lowest BCUT2D eigenvalue weighted by atomic mass is 10.1. The van der Waals surface area contributed by atoms with Crippen LogP contribution in [0.5, 0.6) is 5.75 Å². The van der Waals surface area contributed by atoms with Crippen molar-refractivity contribution in [1.82, 2.24) is 8.87 Å². The summed E-state index contributed by atoms with van der Waals surface area (Å²) in [6.07, 6.45) is 1.53. The summed E-state index contributed by atoms with van der Waals surface area (Å²) in [5.41, 5.74) is 1.28. The maximum absolute atomic E-state index is 12.8. The zero-order valence-electron chi connectivity index (χ0n) is 13.0. The summed E-state index contributed by atoms with van der Waals surface area (Å²) >= 11 is 0. The van der Waals surface area contributed by atoms with Crippen LogP contribution >= 0.6 is 0 Å². The van der Waals surface area contributed by atoms with Crippen molar-refractivity contribution < 1.29 is 13.5 Å². The van der Waals surface area contributed by atoms with E-state index in [1.165, 1.54) is 16.2 Å². The fraction of sp³-hybridized carbons (Fsp3) is 0.176. The van der Waals surface area contributed by atoms with E-state index in [-0.39, 0.29) is 10.6 Å². The predicted molar refractivity (Wildman–Crippen MR) is 90.0 cm³/mol. The van der Waals surface area contributed by atoms with Gasteiger partial charge in [0.25, 0.3) is 10.0 Å². The molecule has 1 aromatic heterocycles. The van der Waals surface area contributed by atoms with E-state index in [0.29, 0.717) is 12.1 Å². The van der Waals surface area contributed by atoms with Gasteiger partial charge in [0, 0.05) is 23.7 Å². The molecule has 6 heteroatoms. The molecule has 1 heterocycles. The Morgan fingerprint density at radius 1 is 1.04 bits per heavy atom. The van der Waals surface area contributed by atoms with Crippen LogP contribution in [0.25, 0.3) is 10.9 Å². The monoisotopic (exact) mass is 330 g/mol. The number of aromatic nitrogens is 1. The van der Waals surface area contributed by atoms with Crippen LogP contribution in [0.4, 0.5) is 0 Å². The molecule has 0 aliphatic carbocycles. The molecule has 23 heavy (non-hydrogen) atoms. The van der Waals surface area contributed by atoms with Crippen LogP contribution in [0.1, 0.15) is 5.56 Å². The van der Waals surface area contributed by atoms with Gasteiger partial charge >= 0.3 is 0 Å². The normalized spacial score (nSPS) is 12.1. The summed E-state index contributed by atoms with van der Waals surface area (Å²) in [6, 6.07) is 13.2. The minimum Gasteiger partial charge on any atom is -0.508 e. The minimum absolute atomic E-state index is 0.168. The summed E-state index contributed by atoms with van der Waals surface area (Å²) in [7, 11) is 0.139. The molecule has 0 fully saturated rings. The standard InChI is InChI=1S/C17H18N2O3S/c1-18(2)12-15-14-10-11-19(16(14)8-9-17(15)20)23(21,22)13-6-4-3-5-7-13/h3-11,20H,12H2,1-2H3. The van der Waals surface area contributed by atoms with E-state index >= 15 is 0 Å². The Hall–Kier alpha value is -2.31. The number of hydrogen-bond donors (Lipinski definition) is 1. The number of fused-ring (bicyclic) bond motifs is 1. The molecule has 0 radical (unpaired) electrons. The molecule has 2 aromatic carbocycles. The van der Waals surface area contributed by atoms with Gasteiger partial charge in [-0.25, -0.2) is 12.4 Å². The van der Waals surface area contributed by atoms with Crippen molar-refractivity contribution >= 4 is 20.9 Å². The third-order valence-electron chi connectivity index (χ3n) is 3.70. The maximum Gasteiger partial charge on any atom is 0.268 e. The van der Waals surface area contributed by atoms with Gasteiger partial charge in [-0.15, -0.1) is 0 Å². The van der Waals surface area contributed by atoms with Crippen LogP contribution in [0.2, 0.25) is 0 Å². The number of phenols is 1. The molecule has 0 unspecified atom stereocenters. The van der Waals surface area contributed by atoms with E-state index in [4.69, 9.17) is 0 Å². The molecular formula is C17H18N2O3S. The number of benzene rings is 2. The van der Waals surface area contributed by atoms with Gasteiger partial charge in [-0.3, -0.25) is 0 Å². The van der Waals surface area contributed by atoms with Crippen molar-refractivity contribution in [3.8, 4) is 5.75 Å². The van der Waals surface area contributed by atoms with Crippen LogP contribution in [-0.2, 0) is 16.6 Å². The van der Waals surface area contributed by atoms with Gasteiger partial charge < -0.3 is 10.0 Å². The number of hydrogen-bond acceptors (Lipinski definition) is 4. The molecule has 5 nitrogen and oxygen atoms in total. The number of phenolic OH excluding ortho intramolecular Hbond substituents is 1. The quantitative estimate of drug-likeness (QED) is 0.799. The van der Waals surface area contributed by atoms with Crippen LogP contribution in [0, 0.1) is 0 Å². The molecule has 0 spiro atoms. The first kappa shape index (κ1) is 15.6. The Balaban J connectivity index is 2.22. The van der Waals surface area contributed by atoms with Gasteiger partial charge in [0.2, 0.25) is 0 Å². The third kappa shape index (κ3) is 2.71. The molecular weight excluding hydrogens is 312 g/mol. The second-order valence-electron chi connectivity index (χ2n) is 5.66. The number of aromatic hydroxyl groups is 1. The molecule has 1 N–H and O–H groups in total. The van der Waals surface area contributed by atoms with E-state index in [1.54, 1.807) is 42.5 Å². The lowest BCUT2D eigenvalue weighted by molar-refractivity contribution is 0.388. The first-order valence-corrected chi connectivity index (χ1v) is 8.62. The van der Waals surface area contributed by atoms with Crippen molar-refractivity contribution in [2.24, 2.45) is 0 Å². The molecule has 0 aliphatic rings. The molecule has 0 atom stereocenters. The molecule has 0 saturated carbocycles. The van der Waals surface area contributed by atoms with E-state index in [0.717, 1.165) is 10.9 Å². The van der Waals surface area contributed by atoms with Crippen LogP contribution in [-0.4, -0.2) is 36.5 Å². The topological polar surface area (TPSA) is 62.5 Å². The lowest BCUT2D eigenvalue weighted by Gasteiger charge is -2.13. The molecule has 0 aliphatic heterocycles. The SMILES string of the molecule is CN(C)Cc1c(O)ccc2c1ccn2S(=O)(=O)c1ccccc1. The summed E-state index contributed by atoms with van der Waals surface area (Å²) in [4.78, 5) is 2.16. The lowest BCUT2D eigenvalue weighted by Crippen LogP contribution is -2.13. The van der Waals surface area contributed by atoms with Gasteiger partial charge in [0.1, 0.15) is 5.75 Å². The van der Waals surface area contributed by atoms with Crippen LogP contribution in [0.15, 0.2) is 59.6 Å². The summed E-state index contributed by atoms with van der Waals surface area (Å²) < 4.78 is 26.9. The van der Waals surface area contributed by atoms with E-state index < -0.39 is 10.0 Å². The van der Waals surface area contributed by atoms with Crippen molar-refractivity contribution in [1.29, 1.82) is 0 Å². The van der Waals surface area contributed by atoms with E-state index in [9.17, 15) is 13.5 Å². The van der Waals surface area contributed by atoms with Crippen LogP contribution < -0.4 is 0 Å². The predicted octanol–water partition coefficient (Wildman–Crippen LogP) is 2.65. The molecule has 3 aromatic rings. The van der Waals surface area contributed by atoms with Crippen molar-refractivity contribution in [2.45, 2.75) is 11.4 Å². The fourth-order valence-electron chi connectivity index (χ4n) is 2.64. The number of nitrogens with zero attached hydrogens (tertiary/aromatic N) is 2. The molecule has 120 valence electrons. The molecule has 0 saturated heterocycles. The largest absolute Gasteiger partial charge is 0.508 e. The second-order valence-corrected chi connectivity index (χ2v) is 7.48. The van der Waals surface area contributed by atoms with Gasteiger partial charge in [-0.05, 0) is 44.4 Å². The number of rotatable bonds is 4. The van der Waals surface area contributed by atoms with Crippen molar-refractivity contribution in [3.63, 3.8) is 0 Å². The van der Waals surface area contributed by atoms with Gasteiger partial charge in [-0.2, -0.15) is 0 Å². The Morgan fingerprint density at radius 2 is 1.74 bits per heavy atom. The first-order chi connectivity index (χ1) is 10.9. The Morgan fingerprint density at radius 3 is 2.39 bits per heavy atom. The Labute approximate surface area is 135 Å². The highest BCUT2D eigenvalue weighted by atomic mass is 32.2. The molecule has 0 bridgehead atoms. The fourth-order valence-corrected chi connectivity index (χ4v) is 4.01. The summed E-state index contributed by atoms with van der Waals surface area (Å²) in [6.45, 7) is 0.526. The molecule has 0 amide bonds. The summed E-state index contributed by atoms with van der Waals surface area (Å²) in [5.74, 6) is 0.168. The third-order valence-corrected chi connectivity index (χ3v) is 5.40.